The number of ether oxygens (including phenoxy) is 1. The average Bonchev–Trinajstić information content (AvgIpc) is 2.88. The third-order valence-electron chi connectivity index (χ3n) is 3.05. The number of H-pyrrole nitrogens is 1. The zero-order valence-electron chi connectivity index (χ0n) is 11.2. The smallest absolute Gasteiger partial charge is 0.166 e. The Kier molecular flexibility index (Phi) is 4.17. The van der Waals surface area contributed by atoms with E-state index in [0.717, 1.165) is 32.0 Å². The van der Waals surface area contributed by atoms with Crippen LogP contribution in [0, 0.1) is 5.82 Å². The van der Waals surface area contributed by atoms with Crippen LogP contribution in [0.1, 0.15) is 5.56 Å². The first-order valence-corrected chi connectivity index (χ1v) is 8.04. The molecule has 0 saturated heterocycles. The fourth-order valence-corrected chi connectivity index (χ4v) is 3.51. The molecule has 0 aliphatic heterocycles. The Morgan fingerprint density at radius 2 is 2.14 bits per heavy atom. The second-order valence-electron chi connectivity index (χ2n) is 4.45. The first kappa shape index (κ1) is 14.4. The van der Waals surface area contributed by atoms with E-state index in [0.29, 0.717) is 5.75 Å². The number of benzene rings is 2. The maximum Gasteiger partial charge on any atom is 0.166 e. The number of methoxy groups -OCH3 is 1. The number of imidazole rings is 1. The molecule has 3 nitrogen and oxygen atoms in total. The number of hydrogen-bond donors (Lipinski definition) is 1. The Balaban J connectivity index is 1.78. The van der Waals surface area contributed by atoms with Crippen molar-refractivity contribution in [1.29, 1.82) is 0 Å². The predicted molar refractivity (Wildman–Crippen MR) is 86.3 cm³/mol. The molecule has 0 fully saturated rings. The summed E-state index contributed by atoms with van der Waals surface area (Å²) in [5.74, 6) is 1.26. The summed E-state index contributed by atoms with van der Waals surface area (Å²) in [5, 5.41) is 0.828. The van der Waals surface area contributed by atoms with E-state index in [2.05, 4.69) is 25.9 Å². The van der Waals surface area contributed by atoms with Crippen LogP contribution in [0.2, 0.25) is 0 Å². The average molecular weight is 367 g/mol. The van der Waals surface area contributed by atoms with E-state index < -0.39 is 0 Å². The lowest BCUT2D eigenvalue weighted by Gasteiger charge is -2.02. The largest absolute Gasteiger partial charge is 0.497 e. The Morgan fingerprint density at radius 3 is 2.90 bits per heavy atom. The number of rotatable bonds is 4. The molecule has 1 aromatic heterocycles. The summed E-state index contributed by atoms with van der Waals surface area (Å²) in [6.07, 6.45) is 0. The van der Waals surface area contributed by atoms with E-state index in [1.54, 1.807) is 24.9 Å². The summed E-state index contributed by atoms with van der Waals surface area (Å²) in [5.41, 5.74) is 2.87. The Bertz CT molecular complexity index is 790. The minimum absolute atomic E-state index is 0.244. The molecule has 0 spiro atoms. The zero-order valence-corrected chi connectivity index (χ0v) is 13.6. The van der Waals surface area contributed by atoms with Gasteiger partial charge < -0.3 is 9.72 Å². The van der Waals surface area contributed by atoms with Gasteiger partial charge in [0.25, 0.3) is 0 Å². The Hall–Kier alpha value is -1.53. The third kappa shape index (κ3) is 3.22. The molecule has 0 radical (unpaired) electrons. The van der Waals surface area contributed by atoms with Crippen LogP contribution >= 0.6 is 27.7 Å². The van der Waals surface area contributed by atoms with Crippen molar-refractivity contribution in [3.8, 4) is 5.75 Å². The number of aromatic amines is 1. The highest BCUT2D eigenvalue weighted by Gasteiger charge is 2.07. The topological polar surface area (TPSA) is 37.9 Å². The molecular weight excluding hydrogens is 355 g/mol. The molecule has 3 rings (SSSR count). The molecular formula is C15H12BrFN2OS. The number of fused-ring (bicyclic) bond motifs is 1. The second-order valence-corrected chi connectivity index (χ2v) is 6.27. The Morgan fingerprint density at radius 1 is 1.29 bits per heavy atom. The molecule has 2 aromatic carbocycles. The predicted octanol–water partition coefficient (Wildman–Crippen LogP) is 4.77. The molecule has 6 heteroatoms. The number of hydrogen-bond acceptors (Lipinski definition) is 3. The van der Waals surface area contributed by atoms with Crippen LogP contribution in [0.3, 0.4) is 0 Å². The van der Waals surface area contributed by atoms with Gasteiger partial charge in [0.15, 0.2) is 5.16 Å². The van der Waals surface area contributed by atoms with Crippen LogP contribution < -0.4 is 4.74 Å². The molecule has 0 saturated carbocycles. The number of halogens is 2. The molecule has 0 bridgehead atoms. The van der Waals surface area contributed by atoms with Crippen molar-refractivity contribution < 1.29 is 9.13 Å². The van der Waals surface area contributed by atoms with Crippen LogP contribution in [0.5, 0.6) is 5.75 Å². The van der Waals surface area contributed by atoms with Gasteiger partial charge in [-0.25, -0.2) is 9.37 Å². The molecule has 0 aliphatic rings. The van der Waals surface area contributed by atoms with E-state index >= 15 is 0 Å². The van der Waals surface area contributed by atoms with Gasteiger partial charge in [0.05, 0.1) is 18.1 Å². The number of thioether (sulfide) groups is 1. The van der Waals surface area contributed by atoms with Crippen molar-refractivity contribution in [2.24, 2.45) is 0 Å². The lowest BCUT2D eigenvalue weighted by atomic mass is 10.2. The van der Waals surface area contributed by atoms with Gasteiger partial charge >= 0.3 is 0 Å². The van der Waals surface area contributed by atoms with E-state index in [1.807, 2.05) is 18.2 Å². The van der Waals surface area contributed by atoms with E-state index in [4.69, 9.17) is 4.74 Å². The molecule has 108 valence electrons. The lowest BCUT2D eigenvalue weighted by molar-refractivity contribution is 0.415. The summed E-state index contributed by atoms with van der Waals surface area (Å²) < 4.78 is 19.0. The SMILES string of the molecule is COc1ccc2nc(SCc3ccc(F)cc3Br)[nH]c2c1. The van der Waals surface area contributed by atoms with Gasteiger partial charge in [-0.3, -0.25) is 0 Å². The van der Waals surface area contributed by atoms with Crippen molar-refractivity contribution in [3.05, 3.63) is 52.3 Å². The fourth-order valence-electron chi connectivity index (χ4n) is 1.95. The van der Waals surface area contributed by atoms with Crippen molar-refractivity contribution in [1.82, 2.24) is 9.97 Å². The number of aromatic nitrogens is 2. The first-order chi connectivity index (χ1) is 10.2. The highest BCUT2D eigenvalue weighted by Crippen LogP contribution is 2.28. The van der Waals surface area contributed by atoms with Crippen LogP contribution in [0.15, 0.2) is 46.0 Å². The standard InChI is InChI=1S/C15H12BrFN2OS/c1-20-11-4-5-13-14(7-11)19-15(18-13)21-8-9-2-3-10(17)6-12(9)16/h2-7H,8H2,1H3,(H,18,19). The van der Waals surface area contributed by atoms with Gasteiger partial charge in [0.1, 0.15) is 11.6 Å². The summed E-state index contributed by atoms with van der Waals surface area (Å²) in [7, 11) is 1.64. The highest BCUT2D eigenvalue weighted by atomic mass is 79.9. The summed E-state index contributed by atoms with van der Waals surface area (Å²) in [6.45, 7) is 0. The second kappa shape index (κ2) is 6.07. The van der Waals surface area contributed by atoms with Crippen LogP contribution in [0.4, 0.5) is 4.39 Å². The van der Waals surface area contributed by atoms with Gasteiger partial charge in [0.2, 0.25) is 0 Å². The van der Waals surface area contributed by atoms with Crippen molar-refractivity contribution >= 4 is 38.7 Å². The molecule has 0 amide bonds. The first-order valence-electron chi connectivity index (χ1n) is 6.26. The number of nitrogens with one attached hydrogen (secondary N) is 1. The summed E-state index contributed by atoms with van der Waals surface area (Å²) >= 11 is 4.95. The Labute approximate surface area is 134 Å². The van der Waals surface area contributed by atoms with Gasteiger partial charge in [-0.2, -0.15) is 0 Å². The minimum atomic E-state index is -0.244. The van der Waals surface area contributed by atoms with Gasteiger partial charge in [-0.05, 0) is 29.8 Å². The van der Waals surface area contributed by atoms with Gasteiger partial charge in [-0.1, -0.05) is 33.8 Å². The molecule has 0 unspecified atom stereocenters. The van der Waals surface area contributed by atoms with Crippen molar-refractivity contribution in [2.75, 3.05) is 7.11 Å². The lowest BCUT2D eigenvalue weighted by Crippen LogP contribution is -1.85. The molecule has 0 atom stereocenters. The van der Waals surface area contributed by atoms with Gasteiger partial charge in [0, 0.05) is 16.3 Å². The summed E-state index contributed by atoms with van der Waals surface area (Å²) in [4.78, 5) is 7.77. The van der Waals surface area contributed by atoms with E-state index in [9.17, 15) is 4.39 Å². The van der Waals surface area contributed by atoms with Gasteiger partial charge in [-0.15, -0.1) is 0 Å². The number of nitrogens with zero attached hydrogens (tertiary/aromatic N) is 1. The maximum absolute atomic E-state index is 13.1. The molecule has 0 aliphatic carbocycles. The maximum atomic E-state index is 13.1. The third-order valence-corrected chi connectivity index (χ3v) is 4.71. The van der Waals surface area contributed by atoms with Crippen LogP contribution in [-0.4, -0.2) is 17.1 Å². The van der Waals surface area contributed by atoms with Crippen LogP contribution in [-0.2, 0) is 5.75 Å². The molecule has 3 aromatic rings. The normalized spacial score (nSPS) is 11.0. The highest BCUT2D eigenvalue weighted by molar-refractivity contribution is 9.10. The summed E-state index contributed by atoms with van der Waals surface area (Å²) in [6, 6.07) is 10.4. The van der Waals surface area contributed by atoms with Crippen LogP contribution in [0.25, 0.3) is 11.0 Å². The molecule has 21 heavy (non-hydrogen) atoms. The molecule has 1 heterocycles. The fraction of sp³-hybridized carbons (Fsp3) is 0.133. The minimum Gasteiger partial charge on any atom is -0.497 e. The van der Waals surface area contributed by atoms with Crippen molar-refractivity contribution in [2.45, 2.75) is 10.9 Å². The zero-order chi connectivity index (χ0) is 14.8. The monoisotopic (exact) mass is 366 g/mol. The van der Waals surface area contributed by atoms with Crippen molar-refractivity contribution in [3.63, 3.8) is 0 Å². The molecule has 1 N–H and O–H groups in total. The quantitative estimate of drug-likeness (QED) is 0.676. The van der Waals surface area contributed by atoms with E-state index in [-0.39, 0.29) is 5.82 Å². The van der Waals surface area contributed by atoms with E-state index in [1.165, 1.54) is 12.1 Å².